The second kappa shape index (κ2) is 8.09. The van der Waals surface area contributed by atoms with Crippen molar-refractivity contribution < 1.29 is 18.9 Å². The van der Waals surface area contributed by atoms with Crippen LogP contribution in [0.15, 0.2) is 0 Å². The molecule has 0 unspecified atom stereocenters. The molecule has 22 heavy (non-hydrogen) atoms. The molecule has 4 nitrogen and oxygen atoms in total. The van der Waals surface area contributed by atoms with Gasteiger partial charge >= 0.3 is 0 Å². The fourth-order valence-electron chi connectivity index (χ4n) is 1.66. The lowest BCUT2D eigenvalue weighted by Gasteiger charge is -2.38. The molecule has 0 atom stereocenters. The number of methoxy groups -OCH3 is 1. The van der Waals surface area contributed by atoms with Crippen LogP contribution < -0.4 is 0 Å². The number of hydrogen-bond acceptors (Lipinski definition) is 4. The molecular weight excluding hydrogens is 280 g/mol. The van der Waals surface area contributed by atoms with Crippen molar-refractivity contribution in [2.24, 2.45) is 5.41 Å². The van der Waals surface area contributed by atoms with Crippen LogP contribution in [0.1, 0.15) is 62.3 Å². The molecule has 0 heterocycles. The van der Waals surface area contributed by atoms with Gasteiger partial charge in [0.1, 0.15) is 0 Å². The first-order valence-electron chi connectivity index (χ1n) is 8.09. The van der Waals surface area contributed by atoms with Crippen molar-refractivity contribution >= 4 is 0 Å². The first-order valence-corrected chi connectivity index (χ1v) is 8.09. The summed E-state index contributed by atoms with van der Waals surface area (Å²) >= 11 is 0. The molecule has 0 radical (unpaired) electrons. The molecule has 0 rings (SSSR count). The molecule has 0 aliphatic rings. The van der Waals surface area contributed by atoms with Crippen LogP contribution in [0.3, 0.4) is 0 Å². The maximum atomic E-state index is 6.04. The molecule has 0 fully saturated rings. The van der Waals surface area contributed by atoms with Gasteiger partial charge in [-0.3, -0.25) is 0 Å². The Hall–Kier alpha value is -0.160. The Morgan fingerprint density at radius 2 is 0.773 bits per heavy atom. The Morgan fingerprint density at radius 3 is 0.955 bits per heavy atom. The molecule has 0 bridgehead atoms. The number of rotatable bonds is 8. The van der Waals surface area contributed by atoms with Crippen molar-refractivity contribution in [1.82, 2.24) is 0 Å². The fourth-order valence-corrected chi connectivity index (χ4v) is 1.66. The normalized spacial score (nSPS) is 14.5. The molecular formula is C18H38O4. The molecule has 0 aliphatic carbocycles. The van der Waals surface area contributed by atoms with E-state index in [4.69, 9.17) is 18.9 Å². The topological polar surface area (TPSA) is 36.9 Å². The number of hydrogen-bond donors (Lipinski definition) is 0. The van der Waals surface area contributed by atoms with Crippen molar-refractivity contribution in [3.05, 3.63) is 0 Å². The van der Waals surface area contributed by atoms with Crippen LogP contribution in [0, 0.1) is 5.41 Å². The summed E-state index contributed by atoms with van der Waals surface area (Å²) in [6.07, 6.45) is 0. The maximum absolute atomic E-state index is 6.04. The summed E-state index contributed by atoms with van der Waals surface area (Å²) in [5.41, 5.74) is -0.935. The molecule has 0 saturated heterocycles. The Balaban J connectivity index is 5.07. The van der Waals surface area contributed by atoms with Gasteiger partial charge in [-0.2, -0.15) is 0 Å². The van der Waals surface area contributed by atoms with Crippen LogP contribution in [-0.2, 0) is 18.9 Å². The standard InChI is InChI=1S/C18H38O4/c1-15(2,3)20-12-18(11-19-10,13-21-16(4,5)6)14-22-17(7,8)9/h11-14H2,1-10H3. The van der Waals surface area contributed by atoms with Crippen LogP contribution in [0.5, 0.6) is 0 Å². The Kier molecular flexibility index (Phi) is 8.03. The molecule has 4 heteroatoms. The highest BCUT2D eigenvalue weighted by Gasteiger charge is 2.36. The average molecular weight is 318 g/mol. The van der Waals surface area contributed by atoms with E-state index >= 15 is 0 Å². The van der Waals surface area contributed by atoms with E-state index in [1.165, 1.54) is 0 Å². The van der Waals surface area contributed by atoms with Crippen molar-refractivity contribution in [2.75, 3.05) is 33.5 Å². The molecule has 0 aromatic rings. The summed E-state index contributed by atoms with van der Waals surface area (Å²) in [7, 11) is 1.71. The zero-order chi connectivity index (χ0) is 17.7. The summed E-state index contributed by atoms with van der Waals surface area (Å²) in [6.45, 7) is 20.6. The van der Waals surface area contributed by atoms with Crippen LogP contribution >= 0.6 is 0 Å². The van der Waals surface area contributed by atoms with Gasteiger partial charge in [0.25, 0.3) is 0 Å². The zero-order valence-corrected chi connectivity index (χ0v) is 16.5. The molecule has 0 aromatic carbocycles. The highest BCUT2D eigenvalue weighted by Crippen LogP contribution is 2.27. The highest BCUT2D eigenvalue weighted by molar-refractivity contribution is 4.83. The predicted molar refractivity (Wildman–Crippen MR) is 91.4 cm³/mol. The predicted octanol–water partition coefficient (Wildman–Crippen LogP) is 4.06. The lowest BCUT2D eigenvalue weighted by Crippen LogP contribution is -2.46. The van der Waals surface area contributed by atoms with Crippen molar-refractivity contribution in [3.63, 3.8) is 0 Å². The zero-order valence-electron chi connectivity index (χ0n) is 16.5. The Labute approximate surface area is 137 Å². The van der Waals surface area contributed by atoms with E-state index in [9.17, 15) is 0 Å². The van der Waals surface area contributed by atoms with Gasteiger partial charge in [-0.05, 0) is 62.3 Å². The largest absolute Gasteiger partial charge is 0.384 e. The Bertz CT molecular complexity index is 259. The van der Waals surface area contributed by atoms with Gasteiger partial charge in [0, 0.05) is 7.11 Å². The third-order valence-corrected chi connectivity index (χ3v) is 2.88. The van der Waals surface area contributed by atoms with Crippen LogP contribution in [-0.4, -0.2) is 50.3 Å². The van der Waals surface area contributed by atoms with Gasteiger partial charge in [-0.25, -0.2) is 0 Å². The molecule has 0 aliphatic heterocycles. The molecule has 0 N–H and O–H groups in total. The maximum Gasteiger partial charge on any atom is 0.0638 e. The number of ether oxygens (including phenoxy) is 4. The first kappa shape index (κ1) is 21.8. The summed E-state index contributed by atoms with van der Waals surface area (Å²) in [4.78, 5) is 0. The summed E-state index contributed by atoms with van der Waals surface area (Å²) < 4.78 is 23.6. The van der Waals surface area contributed by atoms with Gasteiger partial charge in [0.2, 0.25) is 0 Å². The Morgan fingerprint density at radius 1 is 0.500 bits per heavy atom. The van der Waals surface area contributed by atoms with Crippen LogP contribution in [0.4, 0.5) is 0 Å². The average Bonchev–Trinajstić information content (AvgIpc) is 2.28. The third kappa shape index (κ3) is 11.4. The highest BCUT2D eigenvalue weighted by atomic mass is 16.5. The summed E-state index contributed by atoms with van der Waals surface area (Å²) in [5, 5.41) is 0. The quantitative estimate of drug-likeness (QED) is 0.676. The molecule has 0 aromatic heterocycles. The van der Waals surface area contributed by atoms with Crippen LogP contribution in [0.25, 0.3) is 0 Å². The minimum absolute atomic E-state index is 0.206. The van der Waals surface area contributed by atoms with Gasteiger partial charge in [0.15, 0.2) is 0 Å². The molecule has 0 saturated carbocycles. The van der Waals surface area contributed by atoms with E-state index in [1.807, 2.05) is 0 Å². The minimum atomic E-state index is -0.317. The summed E-state index contributed by atoms with van der Waals surface area (Å²) in [5.74, 6) is 0. The van der Waals surface area contributed by atoms with E-state index < -0.39 is 0 Å². The van der Waals surface area contributed by atoms with Crippen LogP contribution in [0.2, 0.25) is 0 Å². The lowest BCUT2D eigenvalue weighted by atomic mass is 9.91. The van der Waals surface area contributed by atoms with E-state index in [0.717, 1.165) is 0 Å². The van der Waals surface area contributed by atoms with E-state index in [0.29, 0.717) is 26.4 Å². The second-order valence-corrected chi connectivity index (χ2v) is 9.14. The van der Waals surface area contributed by atoms with E-state index in [1.54, 1.807) is 7.11 Å². The SMILES string of the molecule is COCC(COC(C)(C)C)(COC(C)(C)C)COC(C)(C)C. The van der Waals surface area contributed by atoms with Gasteiger partial charge in [-0.1, -0.05) is 0 Å². The molecule has 134 valence electrons. The van der Waals surface area contributed by atoms with Gasteiger partial charge in [-0.15, -0.1) is 0 Å². The van der Waals surface area contributed by atoms with Crippen molar-refractivity contribution in [3.8, 4) is 0 Å². The van der Waals surface area contributed by atoms with Gasteiger partial charge < -0.3 is 18.9 Å². The minimum Gasteiger partial charge on any atom is -0.384 e. The van der Waals surface area contributed by atoms with E-state index in [-0.39, 0.29) is 22.2 Å². The first-order chi connectivity index (χ1) is 9.68. The lowest BCUT2D eigenvalue weighted by molar-refractivity contribution is -0.165. The van der Waals surface area contributed by atoms with Crippen molar-refractivity contribution in [1.29, 1.82) is 0 Å². The van der Waals surface area contributed by atoms with Crippen molar-refractivity contribution in [2.45, 2.75) is 79.1 Å². The third-order valence-electron chi connectivity index (χ3n) is 2.88. The second-order valence-electron chi connectivity index (χ2n) is 9.14. The molecule has 0 spiro atoms. The fraction of sp³-hybridized carbons (Fsp3) is 1.00. The molecule has 0 amide bonds. The summed E-state index contributed by atoms with van der Waals surface area (Å²) in [6, 6.07) is 0. The monoisotopic (exact) mass is 318 g/mol. The van der Waals surface area contributed by atoms with Gasteiger partial charge in [0.05, 0.1) is 48.6 Å². The van der Waals surface area contributed by atoms with E-state index in [2.05, 4.69) is 62.3 Å². The smallest absolute Gasteiger partial charge is 0.0638 e.